The van der Waals surface area contributed by atoms with Gasteiger partial charge in [0, 0.05) is 25.7 Å². The lowest BCUT2D eigenvalue weighted by Crippen LogP contribution is -2.28. The Labute approximate surface area is 130 Å². The summed E-state index contributed by atoms with van der Waals surface area (Å²) in [7, 11) is 3.37. The number of likely N-dealkylation sites (N-methyl/N-ethyl adjacent to an activating group) is 1. The highest BCUT2D eigenvalue weighted by Gasteiger charge is 2.19. The molecule has 0 unspecified atom stereocenters. The van der Waals surface area contributed by atoms with Crippen LogP contribution in [0.1, 0.15) is 17.4 Å². The van der Waals surface area contributed by atoms with Crippen LogP contribution in [0.15, 0.2) is 43.0 Å². The van der Waals surface area contributed by atoms with Crippen LogP contribution in [-0.4, -0.2) is 41.3 Å². The van der Waals surface area contributed by atoms with Gasteiger partial charge in [0.25, 0.3) is 5.91 Å². The Balaban J connectivity index is 2.44. The van der Waals surface area contributed by atoms with E-state index >= 15 is 0 Å². The molecule has 0 fully saturated rings. The zero-order valence-corrected chi connectivity index (χ0v) is 13.2. The van der Waals surface area contributed by atoms with Crippen LogP contribution in [0.4, 0.5) is 0 Å². The highest BCUT2D eigenvalue weighted by molar-refractivity contribution is 5.93. The zero-order valence-electron chi connectivity index (χ0n) is 13.2. The summed E-state index contributed by atoms with van der Waals surface area (Å²) in [6, 6.07) is 9.45. The quantitative estimate of drug-likeness (QED) is 0.771. The van der Waals surface area contributed by atoms with Crippen LogP contribution in [0.3, 0.4) is 0 Å². The molecule has 0 N–H and O–H groups in total. The van der Waals surface area contributed by atoms with E-state index in [0.717, 1.165) is 17.0 Å². The molecule has 0 bridgehead atoms. The SMILES string of the molecule is C=CCN(C)C(=O)c1cc(-c2ccccc2OC)nn1CC. The maximum atomic E-state index is 12.5. The van der Waals surface area contributed by atoms with Gasteiger partial charge in [-0.05, 0) is 25.1 Å². The fraction of sp³-hybridized carbons (Fsp3) is 0.294. The third kappa shape index (κ3) is 3.03. The lowest BCUT2D eigenvalue weighted by molar-refractivity contribution is 0.0798. The Morgan fingerprint density at radius 3 is 2.82 bits per heavy atom. The number of ether oxygens (including phenoxy) is 1. The van der Waals surface area contributed by atoms with Crippen molar-refractivity contribution in [1.82, 2.24) is 14.7 Å². The smallest absolute Gasteiger partial charge is 0.272 e. The molecule has 0 radical (unpaired) electrons. The van der Waals surface area contributed by atoms with Crippen molar-refractivity contribution in [3.05, 3.63) is 48.7 Å². The van der Waals surface area contributed by atoms with Gasteiger partial charge in [-0.25, -0.2) is 0 Å². The van der Waals surface area contributed by atoms with E-state index < -0.39 is 0 Å². The number of rotatable bonds is 6. The van der Waals surface area contributed by atoms with Crippen LogP contribution in [0, 0.1) is 0 Å². The molecule has 0 saturated carbocycles. The molecular weight excluding hydrogens is 278 g/mol. The summed E-state index contributed by atoms with van der Waals surface area (Å²) in [5, 5.41) is 4.53. The molecule has 1 heterocycles. The maximum Gasteiger partial charge on any atom is 0.272 e. The highest BCUT2D eigenvalue weighted by Crippen LogP contribution is 2.29. The molecule has 0 aliphatic rings. The van der Waals surface area contributed by atoms with Crippen molar-refractivity contribution >= 4 is 5.91 Å². The largest absolute Gasteiger partial charge is 0.496 e. The molecule has 5 nitrogen and oxygen atoms in total. The summed E-state index contributed by atoms with van der Waals surface area (Å²) in [6.45, 7) is 6.74. The second-order valence-corrected chi connectivity index (χ2v) is 4.91. The number of aromatic nitrogens is 2. The standard InChI is InChI=1S/C17H21N3O2/c1-5-11-19(3)17(21)15-12-14(18-20(15)6-2)13-9-7-8-10-16(13)22-4/h5,7-10,12H,1,6,11H2,2-4H3. The van der Waals surface area contributed by atoms with Crippen molar-refractivity contribution in [1.29, 1.82) is 0 Å². The number of hydrogen-bond acceptors (Lipinski definition) is 3. The lowest BCUT2D eigenvalue weighted by Gasteiger charge is -2.14. The molecule has 116 valence electrons. The second kappa shape index (κ2) is 6.93. The van der Waals surface area contributed by atoms with Crippen molar-refractivity contribution in [2.24, 2.45) is 0 Å². The minimum atomic E-state index is -0.0737. The van der Waals surface area contributed by atoms with Crippen LogP contribution in [0.25, 0.3) is 11.3 Å². The number of nitrogens with zero attached hydrogens (tertiary/aromatic N) is 3. The summed E-state index contributed by atoms with van der Waals surface area (Å²) < 4.78 is 7.08. The van der Waals surface area contributed by atoms with Crippen molar-refractivity contribution < 1.29 is 9.53 Å². The molecule has 0 aliphatic heterocycles. The molecule has 22 heavy (non-hydrogen) atoms. The van der Waals surface area contributed by atoms with Crippen molar-refractivity contribution in [3.63, 3.8) is 0 Å². The average molecular weight is 299 g/mol. The number of amides is 1. The van der Waals surface area contributed by atoms with Crippen LogP contribution >= 0.6 is 0 Å². The first kappa shape index (κ1) is 15.8. The Hall–Kier alpha value is -2.56. The van der Waals surface area contributed by atoms with Gasteiger partial charge in [-0.3, -0.25) is 9.48 Å². The third-order valence-electron chi connectivity index (χ3n) is 3.43. The molecule has 1 amide bonds. The number of hydrogen-bond donors (Lipinski definition) is 0. The topological polar surface area (TPSA) is 47.4 Å². The Kier molecular flexibility index (Phi) is 4.99. The minimum absolute atomic E-state index is 0.0737. The first-order valence-electron chi connectivity index (χ1n) is 7.20. The summed E-state index contributed by atoms with van der Waals surface area (Å²) >= 11 is 0. The van der Waals surface area contributed by atoms with Crippen molar-refractivity contribution in [2.45, 2.75) is 13.5 Å². The fourth-order valence-corrected chi connectivity index (χ4v) is 2.29. The Morgan fingerprint density at radius 2 is 2.18 bits per heavy atom. The van der Waals surface area contributed by atoms with Gasteiger partial charge in [0.05, 0.1) is 12.8 Å². The minimum Gasteiger partial charge on any atom is -0.496 e. The molecule has 0 saturated heterocycles. The van der Waals surface area contributed by atoms with E-state index in [0.29, 0.717) is 18.8 Å². The fourth-order valence-electron chi connectivity index (χ4n) is 2.29. The number of para-hydroxylation sites is 1. The summed E-state index contributed by atoms with van der Waals surface area (Å²) in [6.07, 6.45) is 1.70. The van der Waals surface area contributed by atoms with Crippen LogP contribution in [0.2, 0.25) is 0 Å². The van der Waals surface area contributed by atoms with Gasteiger partial charge in [-0.1, -0.05) is 18.2 Å². The Morgan fingerprint density at radius 1 is 1.45 bits per heavy atom. The highest BCUT2D eigenvalue weighted by atomic mass is 16.5. The van der Waals surface area contributed by atoms with Gasteiger partial charge in [-0.15, -0.1) is 6.58 Å². The molecule has 2 rings (SSSR count). The van der Waals surface area contributed by atoms with Crippen LogP contribution in [0.5, 0.6) is 5.75 Å². The van der Waals surface area contributed by atoms with Crippen LogP contribution in [-0.2, 0) is 6.54 Å². The summed E-state index contributed by atoms with van der Waals surface area (Å²) in [4.78, 5) is 14.1. The van der Waals surface area contributed by atoms with Gasteiger partial charge < -0.3 is 9.64 Å². The van der Waals surface area contributed by atoms with Gasteiger partial charge in [0.2, 0.25) is 0 Å². The van der Waals surface area contributed by atoms with E-state index in [1.165, 1.54) is 0 Å². The van der Waals surface area contributed by atoms with E-state index in [4.69, 9.17) is 4.74 Å². The van der Waals surface area contributed by atoms with E-state index in [9.17, 15) is 4.79 Å². The molecule has 1 aromatic heterocycles. The van der Waals surface area contributed by atoms with Gasteiger partial charge in [0.15, 0.2) is 0 Å². The first-order chi connectivity index (χ1) is 10.6. The van der Waals surface area contributed by atoms with E-state index in [1.807, 2.05) is 37.3 Å². The van der Waals surface area contributed by atoms with E-state index in [2.05, 4.69) is 11.7 Å². The van der Waals surface area contributed by atoms with Gasteiger partial charge in [0.1, 0.15) is 11.4 Å². The van der Waals surface area contributed by atoms with Crippen LogP contribution < -0.4 is 4.74 Å². The first-order valence-corrected chi connectivity index (χ1v) is 7.20. The van der Waals surface area contributed by atoms with E-state index in [1.54, 1.807) is 29.8 Å². The van der Waals surface area contributed by atoms with Crippen molar-refractivity contribution in [3.8, 4) is 17.0 Å². The Bertz CT molecular complexity index is 676. The number of carbonyl (C=O) groups excluding carboxylic acids is 1. The predicted octanol–water partition coefficient (Wildman–Crippen LogP) is 2.84. The second-order valence-electron chi connectivity index (χ2n) is 4.91. The molecule has 5 heteroatoms. The average Bonchev–Trinajstić information content (AvgIpc) is 2.98. The lowest BCUT2D eigenvalue weighted by atomic mass is 10.1. The van der Waals surface area contributed by atoms with Crippen molar-refractivity contribution in [2.75, 3.05) is 20.7 Å². The number of carbonyl (C=O) groups is 1. The number of methoxy groups -OCH3 is 1. The predicted molar refractivity (Wildman–Crippen MR) is 87.0 cm³/mol. The number of benzene rings is 1. The monoisotopic (exact) mass is 299 g/mol. The summed E-state index contributed by atoms with van der Waals surface area (Å²) in [5.41, 5.74) is 2.17. The third-order valence-corrected chi connectivity index (χ3v) is 3.43. The van der Waals surface area contributed by atoms with Gasteiger partial charge >= 0.3 is 0 Å². The normalized spacial score (nSPS) is 10.3. The molecule has 2 aromatic rings. The summed E-state index contributed by atoms with van der Waals surface area (Å²) in [5.74, 6) is 0.664. The molecule has 0 atom stereocenters. The zero-order chi connectivity index (χ0) is 16.1. The maximum absolute atomic E-state index is 12.5. The molecule has 0 aliphatic carbocycles. The van der Waals surface area contributed by atoms with E-state index in [-0.39, 0.29) is 5.91 Å². The van der Waals surface area contributed by atoms with Gasteiger partial charge in [-0.2, -0.15) is 5.10 Å². The molecular formula is C17H21N3O2. The molecule has 0 spiro atoms. The molecule has 1 aromatic carbocycles. The number of aryl methyl sites for hydroxylation is 1.